The van der Waals surface area contributed by atoms with Crippen LogP contribution in [0.25, 0.3) is 21.8 Å². The maximum absolute atomic E-state index is 12.6. The molecule has 0 aliphatic heterocycles. The quantitative estimate of drug-likeness (QED) is 0.392. The van der Waals surface area contributed by atoms with E-state index in [9.17, 15) is 4.79 Å². The number of aromatic nitrogens is 3. The first-order chi connectivity index (χ1) is 14.6. The van der Waals surface area contributed by atoms with E-state index in [1.807, 2.05) is 66.9 Å². The summed E-state index contributed by atoms with van der Waals surface area (Å²) in [6.45, 7) is 2.02. The second-order valence-electron chi connectivity index (χ2n) is 6.88. The topological polar surface area (TPSA) is 70.7 Å². The first-order valence-corrected chi connectivity index (χ1v) is 11.0. The third-order valence-corrected chi connectivity index (χ3v) is 6.01. The van der Waals surface area contributed by atoms with Crippen LogP contribution in [0.1, 0.15) is 30.9 Å². The van der Waals surface area contributed by atoms with Crippen molar-refractivity contribution in [2.24, 2.45) is 0 Å². The molecule has 30 heavy (non-hydrogen) atoms. The van der Waals surface area contributed by atoms with Crippen molar-refractivity contribution in [2.45, 2.75) is 25.8 Å². The molecule has 5 nitrogen and oxygen atoms in total. The average molecular weight is 437 g/mol. The zero-order valence-electron chi connectivity index (χ0n) is 16.4. The van der Waals surface area contributed by atoms with E-state index >= 15 is 0 Å². The lowest BCUT2D eigenvalue weighted by molar-refractivity contribution is -0.121. The van der Waals surface area contributed by atoms with Gasteiger partial charge in [-0.1, -0.05) is 67.1 Å². The number of hydrogen-bond acceptors (Lipinski definition) is 4. The normalized spacial score (nSPS) is 11.9. The smallest absolute Gasteiger partial charge is 0.226 e. The summed E-state index contributed by atoms with van der Waals surface area (Å²) >= 11 is 7.74. The first-order valence-electron chi connectivity index (χ1n) is 9.73. The fourth-order valence-corrected chi connectivity index (χ4v) is 4.34. The molecule has 4 aromatic rings. The molecule has 1 amide bonds. The van der Waals surface area contributed by atoms with Gasteiger partial charge in [-0.05, 0) is 18.1 Å². The minimum Gasteiger partial charge on any atom is -0.346 e. The van der Waals surface area contributed by atoms with E-state index in [0.717, 1.165) is 39.8 Å². The summed E-state index contributed by atoms with van der Waals surface area (Å²) < 4.78 is 0. The molecule has 0 saturated carbocycles. The van der Waals surface area contributed by atoms with Crippen LogP contribution >= 0.6 is 22.9 Å². The van der Waals surface area contributed by atoms with Crippen molar-refractivity contribution in [3.05, 3.63) is 82.7 Å². The third-order valence-electron chi connectivity index (χ3n) is 4.75. The second-order valence-corrected chi connectivity index (χ2v) is 8.14. The largest absolute Gasteiger partial charge is 0.346 e. The number of H-pyrrole nitrogens is 1. The SMILES string of the molecule is CCC(NC(=O)Cc1csc(-c2ccccc2Cl)n1)c1ncc(-c2ccccc2)[nH]1. The number of imidazole rings is 1. The molecule has 0 spiro atoms. The predicted molar refractivity (Wildman–Crippen MR) is 121 cm³/mol. The summed E-state index contributed by atoms with van der Waals surface area (Å²) in [4.78, 5) is 25.0. The van der Waals surface area contributed by atoms with Crippen LogP contribution in [0.4, 0.5) is 0 Å². The molecule has 2 aromatic heterocycles. The monoisotopic (exact) mass is 436 g/mol. The lowest BCUT2D eigenvalue weighted by atomic mass is 10.2. The van der Waals surface area contributed by atoms with Gasteiger partial charge in [0.2, 0.25) is 5.91 Å². The highest BCUT2D eigenvalue weighted by atomic mass is 35.5. The number of hydrogen-bond donors (Lipinski definition) is 2. The molecule has 1 unspecified atom stereocenters. The van der Waals surface area contributed by atoms with E-state index in [4.69, 9.17) is 11.6 Å². The van der Waals surface area contributed by atoms with Gasteiger partial charge >= 0.3 is 0 Å². The Morgan fingerprint density at radius 1 is 1.17 bits per heavy atom. The van der Waals surface area contributed by atoms with Gasteiger partial charge < -0.3 is 10.3 Å². The summed E-state index contributed by atoms with van der Waals surface area (Å²) in [5.41, 5.74) is 3.60. The summed E-state index contributed by atoms with van der Waals surface area (Å²) in [7, 11) is 0. The molecule has 0 aliphatic carbocycles. The molecular formula is C23H21ClN4OS. The van der Waals surface area contributed by atoms with Gasteiger partial charge in [-0.25, -0.2) is 9.97 Å². The molecule has 2 aromatic carbocycles. The molecule has 0 radical (unpaired) electrons. The first kappa shape index (κ1) is 20.3. The van der Waals surface area contributed by atoms with Crippen molar-refractivity contribution >= 4 is 28.8 Å². The molecule has 0 saturated heterocycles. The number of carbonyl (C=O) groups excluding carboxylic acids is 1. The zero-order valence-corrected chi connectivity index (χ0v) is 18.0. The summed E-state index contributed by atoms with van der Waals surface area (Å²) in [6.07, 6.45) is 2.74. The Morgan fingerprint density at radius 3 is 2.70 bits per heavy atom. The van der Waals surface area contributed by atoms with E-state index in [0.29, 0.717) is 5.02 Å². The van der Waals surface area contributed by atoms with Gasteiger partial charge in [-0.2, -0.15) is 0 Å². The lowest BCUT2D eigenvalue weighted by Crippen LogP contribution is -2.30. The third kappa shape index (κ3) is 4.61. The van der Waals surface area contributed by atoms with Crippen LogP contribution < -0.4 is 5.32 Å². The Morgan fingerprint density at radius 2 is 1.93 bits per heavy atom. The van der Waals surface area contributed by atoms with Crippen molar-refractivity contribution in [1.29, 1.82) is 0 Å². The molecule has 2 N–H and O–H groups in total. The van der Waals surface area contributed by atoms with Crippen molar-refractivity contribution < 1.29 is 4.79 Å². The van der Waals surface area contributed by atoms with Crippen LogP contribution in [0, 0.1) is 0 Å². The maximum Gasteiger partial charge on any atom is 0.226 e. The minimum atomic E-state index is -0.184. The van der Waals surface area contributed by atoms with Gasteiger partial charge in [0.15, 0.2) is 0 Å². The number of thiazole rings is 1. The number of benzene rings is 2. The zero-order chi connectivity index (χ0) is 20.9. The Balaban J connectivity index is 1.42. The highest BCUT2D eigenvalue weighted by molar-refractivity contribution is 7.13. The second kappa shape index (κ2) is 9.24. The number of halogens is 1. The fourth-order valence-electron chi connectivity index (χ4n) is 3.20. The number of rotatable bonds is 7. The van der Waals surface area contributed by atoms with Crippen molar-refractivity contribution in [1.82, 2.24) is 20.3 Å². The van der Waals surface area contributed by atoms with Crippen molar-refractivity contribution in [2.75, 3.05) is 0 Å². The van der Waals surface area contributed by atoms with Crippen LogP contribution in [-0.4, -0.2) is 20.9 Å². The summed E-state index contributed by atoms with van der Waals surface area (Å²) in [5.74, 6) is 0.662. The number of nitrogens with one attached hydrogen (secondary N) is 2. The molecule has 0 bridgehead atoms. The summed E-state index contributed by atoms with van der Waals surface area (Å²) in [6, 6.07) is 17.4. The predicted octanol–water partition coefficient (Wildman–Crippen LogP) is 5.66. The van der Waals surface area contributed by atoms with Gasteiger partial charge in [-0.3, -0.25) is 4.79 Å². The molecule has 7 heteroatoms. The van der Waals surface area contributed by atoms with Crippen LogP contribution in [0.15, 0.2) is 66.2 Å². The summed E-state index contributed by atoms with van der Waals surface area (Å²) in [5, 5.41) is 6.43. The van der Waals surface area contributed by atoms with E-state index in [2.05, 4.69) is 20.3 Å². The molecule has 1 atom stereocenters. The molecule has 0 aliphatic rings. The van der Waals surface area contributed by atoms with Crippen molar-refractivity contribution in [3.8, 4) is 21.8 Å². The van der Waals surface area contributed by atoms with Gasteiger partial charge in [0.25, 0.3) is 0 Å². The average Bonchev–Trinajstić information content (AvgIpc) is 3.43. The van der Waals surface area contributed by atoms with Crippen LogP contribution in [-0.2, 0) is 11.2 Å². The number of nitrogens with zero attached hydrogens (tertiary/aromatic N) is 2. The number of carbonyl (C=O) groups is 1. The standard InChI is InChI=1S/C23H21ClN4OS/c1-2-19(22-25-13-20(28-22)15-8-4-3-5-9-15)27-21(29)12-16-14-30-23(26-16)17-10-6-7-11-18(17)24/h3-11,13-14,19H,2,12H2,1H3,(H,25,28)(H,27,29). The number of aromatic amines is 1. The Bertz CT molecular complexity index is 1140. The van der Waals surface area contributed by atoms with Gasteiger partial charge in [0, 0.05) is 10.9 Å². The minimum absolute atomic E-state index is 0.0875. The highest BCUT2D eigenvalue weighted by Crippen LogP contribution is 2.30. The van der Waals surface area contributed by atoms with Gasteiger partial charge in [-0.15, -0.1) is 11.3 Å². The van der Waals surface area contributed by atoms with E-state index in [-0.39, 0.29) is 18.4 Å². The lowest BCUT2D eigenvalue weighted by Gasteiger charge is -2.14. The van der Waals surface area contributed by atoms with E-state index in [1.165, 1.54) is 11.3 Å². The number of amides is 1. The van der Waals surface area contributed by atoms with Crippen LogP contribution in [0.3, 0.4) is 0 Å². The Hall–Kier alpha value is -2.96. The van der Waals surface area contributed by atoms with Crippen molar-refractivity contribution in [3.63, 3.8) is 0 Å². The molecule has 2 heterocycles. The Kier molecular flexibility index (Phi) is 6.26. The Labute approximate surface area is 184 Å². The van der Waals surface area contributed by atoms with Crippen LogP contribution in [0.5, 0.6) is 0 Å². The maximum atomic E-state index is 12.6. The highest BCUT2D eigenvalue weighted by Gasteiger charge is 2.18. The van der Waals surface area contributed by atoms with E-state index in [1.54, 1.807) is 6.20 Å². The fraction of sp³-hybridized carbons (Fsp3) is 0.174. The molecule has 0 fully saturated rings. The molecule has 4 rings (SSSR count). The van der Waals surface area contributed by atoms with Gasteiger partial charge in [0.1, 0.15) is 10.8 Å². The van der Waals surface area contributed by atoms with E-state index < -0.39 is 0 Å². The van der Waals surface area contributed by atoms with Crippen LogP contribution in [0.2, 0.25) is 5.02 Å². The van der Waals surface area contributed by atoms with Gasteiger partial charge in [0.05, 0.1) is 35.1 Å². The molecular weight excluding hydrogens is 416 g/mol. The molecule has 152 valence electrons.